The van der Waals surface area contributed by atoms with Gasteiger partial charge < -0.3 is 10.1 Å². The first-order chi connectivity index (χ1) is 12.0. The molecule has 0 saturated heterocycles. The minimum absolute atomic E-state index is 0.0385. The highest BCUT2D eigenvalue weighted by Crippen LogP contribution is 2.15. The van der Waals surface area contributed by atoms with E-state index in [0.717, 1.165) is 11.1 Å². The largest absolute Gasteiger partial charge is 0.452 e. The number of carbonyl (C=O) groups excluding carboxylic acids is 2. The topological polar surface area (TPSA) is 55.4 Å². The Morgan fingerprint density at radius 3 is 2.28 bits per heavy atom. The molecule has 0 spiro atoms. The Kier molecular flexibility index (Phi) is 6.75. The minimum atomic E-state index is -0.473. The normalized spacial score (nSPS) is 11.8. The summed E-state index contributed by atoms with van der Waals surface area (Å²) in [6.45, 7) is 5.71. The van der Waals surface area contributed by atoms with Crippen LogP contribution in [0.15, 0.2) is 54.6 Å². The average Bonchev–Trinajstić information content (AvgIpc) is 2.61. The molecule has 4 heteroatoms. The molecule has 1 atom stereocenters. The molecule has 132 valence electrons. The fourth-order valence-corrected chi connectivity index (χ4v) is 2.36. The monoisotopic (exact) mass is 339 g/mol. The van der Waals surface area contributed by atoms with E-state index in [0.29, 0.717) is 17.9 Å². The molecule has 0 aromatic heterocycles. The Morgan fingerprint density at radius 2 is 1.60 bits per heavy atom. The molecule has 2 aromatic rings. The Bertz CT molecular complexity index is 710. The summed E-state index contributed by atoms with van der Waals surface area (Å²) < 4.78 is 5.20. The molecule has 2 aromatic carbocycles. The first-order valence-electron chi connectivity index (χ1n) is 8.55. The van der Waals surface area contributed by atoms with E-state index in [4.69, 9.17) is 4.74 Å². The molecule has 25 heavy (non-hydrogen) atoms. The standard InChI is InChI=1S/C21H25NO3/c1-15(2)16(3)22-20(23)14-25-21(24)19-12-8-7-11-18(19)13-17-9-5-4-6-10-17/h4-12,15-16H,13-14H2,1-3H3,(H,22,23)/t16-/m0/s1. The molecule has 4 nitrogen and oxygen atoms in total. The van der Waals surface area contributed by atoms with Gasteiger partial charge in [-0.1, -0.05) is 62.4 Å². The molecule has 1 N–H and O–H groups in total. The van der Waals surface area contributed by atoms with Crippen LogP contribution in [0.3, 0.4) is 0 Å². The lowest BCUT2D eigenvalue weighted by Crippen LogP contribution is -2.38. The van der Waals surface area contributed by atoms with Crippen LogP contribution >= 0.6 is 0 Å². The van der Waals surface area contributed by atoms with Crippen LogP contribution in [0.4, 0.5) is 0 Å². The number of amides is 1. The Hall–Kier alpha value is -2.62. The summed E-state index contributed by atoms with van der Waals surface area (Å²) in [5.41, 5.74) is 2.50. The van der Waals surface area contributed by atoms with Crippen molar-refractivity contribution in [3.05, 3.63) is 71.3 Å². The van der Waals surface area contributed by atoms with Gasteiger partial charge in [0.25, 0.3) is 5.91 Å². The van der Waals surface area contributed by atoms with Gasteiger partial charge in [0.1, 0.15) is 0 Å². The third-order valence-electron chi connectivity index (χ3n) is 4.20. The molecular formula is C21H25NO3. The highest BCUT2D eigenvalue weighted by atomic mass is 16.5. The van der Waals surface area contributed by atoms with Gasteiger partial charge in [-0.05, 0) is 36.5 Å². The summed E-state index contributed by atoms with van der Waals surface area (Å²) in [6.07, 6.45) is 0.642. The smallest absolute Gasteiger partial charge is 0.338 e. The molecule has 0 aliphatic heterocycles. The van der Waals surface area contributed by atoms with Crippen molar-refractivity contribution in [1.82, 2.24) is 5.32 Å². The summed E-state index contributed by atoms with van der Waals surface area (Å²) in [5.74, 6) is -0.430. The summed E-state index contributed by atoms with van der Waals surface area (Å²) in [7, 11) is 0. The quantitative estimate of drug-likeness (QED) is 0.784. The Labute approximate surface area is 149 Å². The second-order valence-corrected chi connectivity index (χ2v) is 6.50. The van der Waals surface area contributed by atoms with Gasteiger partial charge in [-0.2, -0.15) is 0 Å². The predicted octanol–water partition coefficient (Wildman–Crippen LogP) is 3.59. The van der Waals surface area contributed by atoms with E-state index in [9.17, 15) is 9.59 Å². The summed E-state index contributed by atoms with van der Waals surface area (Å²) in [4.78, 5) is 24.3. The van der Waals surface area contributed by atoms with Crippen molar-refractivity contribution < 1.29 is 14.3 Å². The molecule has 0 unspecified atom stereocenters. The van der Waals surface area contributed by atoms with Gasteiger partial charge in [0.15, 0.2) is 6.61 Å². The molecule has 0 heterocycles. The molecule has 0 radical (unpaired) electrons. The van der Waals surface area contributed by atoms with E-state index < -0.39 is 5.97 Å². The van der Waals surface area contributed by atoms with Crippen molar-refractivity contribution >= 4 is 11.9 Å². The van der Waals surface area contributed by atoms with Gasteiger partial charge in [0, 0.05) is 6.04 Å². The van der Waals surface area contributed by atoms with Crippen molar-refractivity contribution in [3.8, 4) is 0 Å². The zero-order chi connectivity index (χ0) is 18.2. The van der Waals surface area contributed by atoms with Crippen LogP contribution in [0.2, 0.25) is 0 Å². The predicted molar refractivity (Wildman–Crippen MR) is 98.4 cm³/mol. The number of esters is 1. The average molecular weight is 339 g/mol. The highest BCUT2D eigenvalue weighted by Gasteiger charge is 2.16. The van der Waals surface area contributed by atoms with E-state index in [-0.39, 0.29) is 18.6 Å². The molecule has 1 amide bonds. The van der Waals surface area contributed by atoms with Crippen LogP contribution in [-0.4, -0.2) is 24.5 Å². The van der Waals surface area contributed by atoms with Gasteiger partial charge in [0.05, 0.1) is 5.56 Å². The second-order valence-electron chi connectivity index (χ2n) is 6.50. The lowest BCUT2D eigenvalue weighted by Gasteiger charge is -2.17. The van der Waals surface area contributed by atoms with E-state index in [1.165, 1.54) is 0 Å². The number of carbonyl (C=O) groups is 2. The maximum atomic E-state index is 12.4. The van der Waals surface area contributed by atoms with Crippen molar-refractivity contribution in [2.45, 2.75) is 33.2 Å². The first kappa shape index (κ1) is 18.7. The molecule has 0 fully saturated rings. The van der Waals surface area contributed by atoms with Crippen LogP contribution in [0, 0.1) is 5.92 Å². The fraction of sp³-hybridized carbons (Fsp3) is 0.333. The van der Waals surface area contributed by atoms with Crippen LogP contribution in [0.5, 0.6) is 0 Å². The molecule has 2 rings (SSSR count). The highest BCUT2D eigenvalue weighted by molar-refractivity contribution is 5.92. The van der Waals surface area contributed by atoms with Gasteiger partial charge in [0.2, 0.25) is 0 Å². The zero-order valence-corrected chi connectivity index (χ0v) is 15.0. The summed E-state index contributed by atoms with van der Waals surface area (Å²) in [5, 5.41) is 2.82. The third kappa shape index (κ3) is 5.75. The van der Waals surface area contributed by atoms with Crippen molar-refractivity contribution in [2.24, 2.45) is 5.92 Å². The summed E-state index contributed by atoms with van der Waals surface area (Å²) >= 11 is 0. The molecule has 0 aliphatic rings. The van der Waals surface area contributed by atoms with Gasteiger partial charge in [-0.15, -0.1) is 0 Å². The third-order valence-corrected chi connectivity index (χ3v) is 4.20. The van der Waals surface area contributed by atoms with E-state index >= 15 is 0 Å². The van der Waals surface area contributed by atoms with Crippen molar-refractivity contribution in [3.63, 3.8) is 0 Å². The van der Waals surface area contributed by atoms with Crippen LogP contribution in [0.25, 0.3) is 0 Å². The van der Waals surface area contributed by atoms with E-state index in [2.05, 4.69) is 5.32 Å². The fourth-order valence-electron chi connectivity index (χ4n) is 2.36. The van der Waals surface area contributed by atoms with Gasteiger partial charge in [-0.25, -0.2) is 4.79 Å². The minimum Gasteiger partial charge on any atom is -0.452 e. The Morgan fingerprint density at radius 1 is 0.960 bits per heavy atom. The Balaban J connectivity index is 1.99. The lowest BCUT2D eigenvalue weighted by atomic mass is 10.00. The molecule has 0 bridgehead atoms. The zero-order valence-electron chi connectivity index (χ0n) is 15.0. The van der Waals surface area contributed by atoms with Gasteiger partial charge in [-0.3, -0.25) is 4.79 Å². The van der Waals surface area contributed by atoms with Gasteiger partial charge >= 0.3 is 5.97 Å². The SMILES string of the molecule is CC(C)[C@H](C)NC(=O)COC(=O)c1ccccc1Cc1ccccc1. The van der Waals surface area contributed by atoms with Crippen LogP contribution in [0.1, 0.15) is 42.3 Å². The number of hydrogen-bond donors (Lipinski definition) is 1. The van der Waals surface area contributed by atoms with Crippen molar-refractivity contribution in [1.29, 1.82) is 0 Å². The lowest BCUT2D eigenvalue weighted by molar-refractivity contribution is -0.125. The maximum absolute atomic E-state index is 12.4. The number of rotatable bonds is 7. The molecule has 0 aliphatic carbocycles. The molecule has 0 saturated carbocycles. The second kappa shape index (κ2) is 9.02. The number of ether oxygens (including phenoxy) is 1. The number of nitrogens with one attached hydrogen (secondary N) is 1. The first-order valence-corrected chi connectivity index (χ1v) is 8.55. The maximum Gasteiger partial charge on any atom is 0.338 e. The number of benzene rings is 2. The molecular weight excluding hydrogens is 314 g/mol. The van der Waals surface area contributed by atoms with Crippen LogP contribution in [-0.2, 0) is 16.0 Å². The van der Waals surface area contributed by atoms with Crippen molar-refractivity contribution in [2.75, 3.05) is 6.61 Å². The number of hydrogen-bond acceptors (Lipinski definition) is 3. The van der Waals surface area contributed by atoms with E-state index in [1.54, 1.807) is 12.1 Å². The van der Waals surface area contributed by atoms with E-state index in [1.807, 2.05) is 63.2 Å². The van der Waals surface area contributed by atoms with Crippen LogP contribution < -0.4 is 5.32 Å². The summed E-state index contributed by atoms with van der Waals surface area (Å²) in [6, 6.07) is 17.3.